The van der Waals surface area contributed by atoms with Crippen LogP contribution in [-0.2, 0) is 0 Å². The summed E-state index contributed by atoms with van der Waals surface area (Å²) in [6.07, 6.45) is 6.38. The zero-order chi connectivity index (χ0) is 13.4. The molecule has 18 heavy (non-hydrogen) atoms. The summed E-state index contributed by atoms with van der Waals surface area (Å²) in [6.45, 7) is 7.75. The third kappa shape index (κ3) is 5.11. The molecule has 1 aromatic carbocycles. The van der Waals surface area contributed by atoms with Crippen molar-refractivity contribution < 1.29 is 0 Å². The second-order valence-electron chi connectivity index (χ2n) is 5.01. The lowest BCUT2D eigenvalue weighted by molar-refractivity contribution is 0.474. The van der Waals surface area contributed by atoms with Crippen molar-refractivity contribution in [2.75, 3.05) is 6.54 Å². The molecule has 0 bridgehead atoms. The third-order valence-electron chi connectivity index (χ3n) is 3.32. The minimum absolute atomic E-state index is 0.517. The molecule has 1 aromatic rings. The third-order valence-corrected chi connectivity index (χ3v) is 4.21. The maximum absolute atomic E-state index is 3.68. The largest absolute Gasteiger partial charge is 0.310 e. The molecule has 1 rings (SSSR count). The first kappa shape index (κ1) is 15.7. The first-order chi connectivity index (χ1) is 8.69. The van der Waals surface area contributed by atoms with Crippen molar-refractivity contribution in [3.8, 4) is 0 Å². The topological polar surface area (TPSA) is 12.0 Å². The molecule has 0 radical (unpaired) electrons. The predicted molar refractivity (Wildman–Crippen MR) is 84.1 cm³/mol. The molecule has 1 unspecified atom stereocenters. The fourth-order valence-corrected chi connectivity index (χ4v) is 2.43. The van der Waals surface area contributed by atoms with E-state index in [-0.39, 0.29) is 0 Å². The Morgan fingerprint density at radius 3 is 2.56 bits per heavy atom. The molecule has 0 aliphatic carbocycles. The van der Waals surface area contributed by atoms with Gasteiger partial charge in [-0.25, -0.2) is 0 Å². The van der Waals surface area contributed by atoms with E-state index < -0.39 is 0 Å². The van der Waals surface area contributed by atoms with E-state index in [2.05, 4.69) is 60.2 Å². The quantitative estimate of drug-likeness (QED) is 0.636. The highest BCUT2D eigenvalue weighted by Gasteiger charge is 2.11. The average Bonchev–Trinajstić information content (AvgIpc) is 2.37. The number of nitrogens with one attached hydrogen (secondary N) is 1. The van der Waals surface area contributed by atoms with E-state index in [0.717, 1.165) is 6.54 Å². The summed E-state index contributed by atoms with van der Waals surface area (Å²) in [5.41, 5.74) is 2.76. The second-order valence-corrected chi connectivity index (χ2v) is 5.87. The van der Waals surface area contributed by atoms with Gasteiger partial charge in [0.15, 0.2) is 0 Å². The highest BCUT2D eigenvalue weighted by Crippen LogP contribution is 2.24. The SMILES string of the molecule is CCCCCC(NCCC)c1ccc(Br)c(C)c1. The van der Waals surface area contributed by atoms with Crippen LogP contribution in [0.4, 0.5) is 0 Å². The molecule has 0 heterocycles. The Labute approximate surface area is 120 Å². The molecular formula is C16H26BrN. The van der Waals surface area contributed by atoms with Gasteiger partial charge in [-0.15, -0.1) is 0 Å². The zero-order valence-corrected chi connectivity index (χ0v) is 13.5. The summed E-state index contributed by atoms with van der Waals surface area (Å²) in [7, 11) is 0. The van der Waals surface area contributed by atoms with Crippen LogP contribution in [-0.4, -0.2) is 6.54 Å². The standard InChI is InChI=1S/C16H26BrN/c1-4-6-7-8-16(18-11-5-2)14-9-10-15(17)13(3)12-14/h9-10,12,16,18H,4-8,11H2,1-3H3. The van der Waals surface area contributed by atoms with Gasteiger partial charge >= 0.3 is 0 Å². The fourth-order valence-electron chi connectivity index (χ4n) is 2.19. The monoisotopic (exact) mass is 311 g/mol. The molecule has 0 saturated carbocycles. The van der Waals surface area contributed by atoms with Gasteiger partial charge in [0, 0.05) is 10.5 Å². The van der Waals surface area contributed by atoms with E-state index >= 15 is 0 Å². The lowest BCUT2D eigenvalue weighted by atomic mass is 9.99. The number of rotatable bonds is 8. The molecule has 0 spiro atoms. The van der Waals surface area contributed by atoms with Crippen molar-refractivity contribution in [2.45, 2.75) is 58.9 Å². The molecule has 2 heteroatoms. The van der Waals surface area contributed by atoms with Crippen LogP contribution in [0.25, 0.3) is 0 Å². The zero-order valence-electron chi connectivity index (χ0n) is 11.9. The van der Waals surface area contributed by atoms with Crippen molar-refractivity contribution in [2.24, 2.45) is 0 Å². The molecule has 1 N–H and O–H groups in total. The number of halogens is 1. The van der Waals surface area contributed by atoms with Gasteiger partial charge in [-0.3, -0.25) is 0 Å². The highest BCUT2D eigenvalue weighted by atomic mass is 79.9. The molecule has 1 nitrogen and oxygen atoms in total. The van der Waals surface area contributed by atoms with Crippen LogP contribution in [0.2, 0.25) is 0 Å². The second kappa shape index (κ2) is 8.71. The minimum Gasteiger partial charge on any atom is -0.310 e. The van der Waals surface area contributed by atoms with Gasteiger partial charge in [0.1, 0.15) is 0 Å². The summed E-state index contributed by atoms with van der Waals surface area (Å²) >= 11 is 3.57. The molecule has 0 fully saturated rings. The Kier molecular flexibility index (Phi) is 7.60. The Bertz CT molecular complexity index is 349. The van der Waals surface area contributed by atoms with Crippen molar-refractivity contribution in [3.05, 3.63) is 33.8 Å². The Morgan fingerprint density at radius 2 is 1.94 bits per heavy atom. The van der Waals surface area contributed by atoms with E-state index in [1.54, 1.807) is 0 Å². The van der Waals surface area contributed by atoms with E-state index in [1.807, 2.05) is 0 Å². The van der Waals surface area contributed by atoms with Crippen LogP contribution in [0.15, 0.2) is 22.7 Å². The molecule has 0 aliphatic rings. The van der Waals surface area contributed by atoms with Crippen LogP contribution < -0.4 is 5.32 Å². The highest BCUT2D eigenvalue weighted by molar-refractivity contribution is 9.10. The number of aryl methyl sites for hydroxylation is 1. The van der Waals surface area contributed by atoms with Gasteiger partial charge in [-0.1, -0.05) is 61.2 Å². The molecule has 102 valence electrons. The van der Waals surface area contributed by atoms with Crippen LogP contribution >= 0.6 is 15.9 Å². The van der Waals surface area contributed by atoms with Crippen LogP contribution in [0.1, 0.15) is 63.1 Å². The van der Waals surface area contributed by atoms with Gasteiger partial charge in [-0.05, 0) is 43.5 Å². The van der Waals surface area contributed by atoms with Gasteiger partial charge in [0.05, 0.1) is 0 Å². The van der Waals surface area contributed by atoms with Gasteiger partial charge in [0.25, 0.3) is 0 Å². The smallest absolute Gasteiger partial charge is 0.0320 e. The molecule has 0 saturated heterocycles. The lowest BCUT2D eigenvalue weighted by Crippen LogP contribution is -2.22. The number of hydrogen-bond acceptors (Lipinski definition) is 1. The molecule has 0 aromatic heterocycles. The van der Waals surface area contributed by atoms with Crippen molar-refractivity contribution in [1.29, 1.82) is 0 Å². The summed E-state index contributed by atoms with van der Waals surface area (Å²) in [4.78, 5) is 0. The average molecular weight is 312 g/mol. The summed E-state index contributed by atoms with van der Waals surface area (Å²) in [5.74, 6) is 0. The maximum atomic E-state index is 3.68. The molecular weight excluding hydrogens is 286 g/mol. The summed E-state index contributed by atoms with van der Waals surface area (Å²) in [6, 6.07) is 7.24. The van der Waals surface area contributed by atoms with Crippen LogP contribution in [0.5, 0.6) is 0 Å². The number of unbranched alkanes of at least 4 members (excludes halogenated alkanes) is 2. The van der Waals surface area contributed by atoms with Crippen molar-refractivity contribution >= 4 is 15.9 Å². The first-order valence-corrected chi connectivity index (χ1v) is 7.97. The van der Waals surface area contributed by atoms with Crippen molar-refractivity contribution in [1.82, 2.24) is 5.32 Å². The molecule has 0 amide bonds. The van der Waals surface area contributed by atoms with E-state index in [4.69, 9.17) is 0 Å². The first-order valence-electron chi connectivity index (χ1n) is 7.18. The molecule has 0 aliphatic heterocycles. The Morgan fingerprint density at radius 1 is 1.17 bits per heavy atom. The van der Waals surface area contributed by atoms with E-state index in [0.29, 0.717) is 6.04 Å². The lowest BCUT2D eigenvalue weighted by Gasteiger charge is -2.19. The van der Waals surface area contributed by atoms with Gasteiger partial charge in [0.2, 0.25) is 0 Å². The minimum atomic E-state index is 0.517. The maximum Gasteiger partial charge on any atom is 0.0320 e. The van der Waals surface area contributed by atoms with Gasteiger partial charge in [-0.2, -0.15) is 0 Å². The van der Waals surface area contributed by atoms with E-state index in [9.17, 15) is 0 Å². The van der Waals surface area contributed by atoms with Crippen LogP contribution in [0, 0.1) is 6.92 Å². The predicted octanol–water partition coefficient (Wildman–Crippen LogP) is 5.38. The summed E-state index contributed by atoms with van der Waals surface area (Å²) in [5, 5.41) is 3.68. The fraction of sp³-hybridized carbons (Fsp3) is 0.625. The van der Waals surface area contributed by atoms with E-state index in [1.165, 1.54) is 47.7 Å². The normalized spacial score (nSPS) is 12.7. The van der Waals surface area contributed by atoms with Crippen molar-refractivity contribution in [3.63, 3.8) is 0 Å². The van der Waals surface area contributed by atoms with Crippen LogP contribution in [0.3, 0.4) is 0 Å². The Balaban J connectivity index is 2.70. The van der Waals surface area contributed by atoms with Gasteiger partial charge < -0.3 is 5.32 Å². The Hall–Kier alpha value is -0.340. The number of hydrogen-bond donors (Lipinski definition) is 1. The summed E-state index contributed by atoms with van der Waals surface area (Å²) < 4.78 is 1.20. The number of benzene rings is 1. The molecule has 1 atom stereocenters.